The van der Waals surface area contributed by atoms with Crippen LogP contribution in [0, 0.1) is 17.8 Å². The Morgan fingerprint density at radius 3 is 2.32 bits per heavy atom. The number of nitrogens with one attached hydrogen (secondary N) is 1. The van der Waals surface area contributed by atoms with Gasteiger partial charge in [0.1, 0.15) is 0 Å². The normalized spacial score (nSPS) is 51.0. The van der Waals surface area contributed by atoms with E-state index in [2.05, 4.69) is 44.7 Å². The largest absolute Gasteiger partial charge is 0.388 e. The monoisotopic (exact) mass is 412 g/mol. The third-order valence-electron chi connectivity index (χ3n) is 8.20. The van der Waals surface area contributed by atoms with Gasteiger partial charge in [-0.15, -0.1) is 11.6 Å². The van der Waals surface area contributed by atoms with Gasteiger partial charge >= 0.3 is 0 Å². The molecule has 2 N–H and O–H groups in total. The molecule has 160 valence electrons. The number of amides is 1. The molecular formula is C22H37ClN2O3. The fraction of sp³-hybridized carbons (Fsp3) is 0.909. The molecule has 0 aromatic heterocycles. The average Bonchev–Trinajstić information content (AvgIpc) is 2.57. The Labute approximate surface area is 174 Å². The lowest BCUT2D eigenvalue weighted by atomic mass is 9.51. The van der Waals surface area contributed by atoms with E-state index in [1.165, 1.54) is 0 Å². The van der Waals surface area contributed by atoms with Crippen molar-refractivity contribution in [2.24, 2.45) is 22.7 Å². The molecule has 1 heterocycles. The van der Waals surface area contributed by atoms with Crippen LogP contribution >= 0.6 is 11.6 Å². The van der Waals surface area contributed by atoms with E-state index in [1.807, 2.05) is 6.92 Å². The third kappa shape index (κ3) is 3.52. The molecule has 8 atom stereocenters. The van der Waals surface area contributed by atoms with Crippen LogP contribution in [0.15, 0.2) is 4.99 Å². The summed E-state index contributed by atoms with van der Waals surface area (Å²) in [5.74, 6) is 0.550. The number of hydrogen-bond donors (Lipinski definition) is 2. The number of hydrogen-bond acceptors (Lipinski definition) is 4. The molecule has 3 fully saturated rings. The highest BCUT2D eigenvalue weighted by atomic mass is 35.5. The number of aliphatic imine (C=N–C) groups is 1. The number of alkyl halides is 1. The van der Waals surface area contributed by atoms with Crippen LogP contribution in [0.2, 0.25) is 0 Å². The summed E-state index contributed by atoms with van der Waals surface area (Å²) in [6, 6.07) is -0.276. The molecule has 3 rings (SSSR count). The van der Waals surface area contributed by atoms with Crippen molar-refractivity contribution in [3.63, 3.8) is 0 Å². The lowest BCUT2D eigenvalue weighted by molar-refractivity contribution is -0.221. The van der Waals surface area contributed by atoms with Crippen molar-refractivity contribution in [1.29, 1.82) is 0 Å². The van der Waals surface area contributed by atoms with Crippen molar-refractivity contribution in [2.75, 3.05) is 0 Å². The Morgan fingerprint density at radius 1 is 1.11 bits per heavy atom. The zero-order valence-electron chi connectivity index (χ0n) is 18.0. The fourth-order valence-corrected chi connectivity index (χ4v) is 6.74. The van der Waals surface area contributed by atoms with E-state index in [9.17, 15) is 9.90 Å². The van der Waals surface area contributed by atoms with Gasteiger partial charge in [0.05, 0.1) is 28.2 Å². The molecule has 1 saturated heterocycles. The fourth-order valence-electron chi connectivity index (χ4n) is 6.58. The Hall–Kier alpha value is -0.650. The van der Waals surface area contributed by atoms with Crippen molar-refractivity contribution in [2.45, 2.75) is 107 Å². The molecule has 1 aliphatic heterocycles. The zero-order valence-corrected chi connectivity index (χ0v) is 18.8. The molecular weight excluding hydrogens is 376 g/mol. The average molecular weight is 413 g/mol. The summed E-state index contributed by atoms with van der Waals surface area (Å²) >= 11 is 6.56. The molecule has 1 amide bonds. The van der Waals surface area contributed by atoms with Crippen LogP contribution in [0.5, 0.6) is 0 Å². The quantitative estimate of drug-likeness (QED) is 0.420. The number of fused-ring (bicyclic) bond motifs is 1. The lowest BCUT2D eigenvalue weighted by Crippen LogP contribution is -2.67. The second kappa shape index (κ2) is 7.24. The molecule has 0 aromatic rings. The number of carbonyl (C=O) groups is 1. The van der Waals surface area contributed by atoms with Crippen molar-refractivity contribution < 1.29 is 14.6 Å². The minimum absolute atomic E-state index is 0.00949. The second-order valence-corrected chi connectivity index (χ2v) is 11.1. The number of halogens is 1. The summed E-state index contributed by atoms with van der Waals surface area (Å²) in [4.78, 5) is 15.8. The molecule has 2 saturated carbocycles. The number of aliphatic hydroxyl groups is 1. The van der Waals surface area contributed by atoms with Crippen LogP contribution in [0.4, 0.5) is 0 Å². The van der Waals surface area contributed by atoms with E-state index in [4.69, 9.17) is 16.3 Å². The highest BCUT2D eigenvalue weighted by Crippen LogP contribution is 2.57. The van der Waals surface area contributed by atoms with Crippen LogP contribution in [-0.4, -0.2) is 52.0 Å². The van der Waals surface area contributed by atoms with Gasteiger partial charge in [0, 0.05) is 5.54 Å². The van der Waals surface area contributed by atoms with Crippen molar-refractivity contribution >= 4 is 24.7 Å². The van der Waals surface area contributed by atoms with Crippen LogP contribution in [-0.2, 0) is 9.53 Å². The third-order valence-corrected chi connectivity index (χ3v) is 8.94. The molecule has 0 bridgehead atoms. The molecule has 0 unspecified atom stereocenters. The molecule has 6 heteroatoms. The van der Waals surface area contributed by atoms with E-state index in [0.717, 1.165) is 38.5 Å². The van der Waals surface area contributed by atoms with Gasteiger partial charge in [-0.2, -0.15) is 0 Å². The molecule has 0 aromatic carbocycles. The first kappa shape index (κ1) is 22.0. The van der Waals surface area contributed by atoms with E-state index < -0.39 is 11.2 Å². The Kier molecular flexibility index (Phi) is 5.70. The van der Waals surface area contributed by atoms with Crippen molar-refractivity contribution in [1.82, 2.24) is 5.32 Å². The minimum Gasteiger partial charge on any atom is -0.388 e. The van der Waals surface area contributed by atoms with Gasteiger partial charge in [-0.3, -0.25) is 9.79 Å². The van der Waals surface area contributed by atoms with Gasteiger partial charge in [-0.05, 0) is 97.6 Å². The zero-order chi connectivity index (χ0) is 21.0. The SMILES string of the molecule is C=N[C@@H]1[C@@H]2[C@@H]([C@@]3(C)CC[C@H](Cl)C(C)(C)O3)CC[C@](C)(NC=O)[C@H]2CC[C@@]1(C)O. The predicted molar refractivity (Wildman–Crippen MR) is 113 cm³/mol. The van der Waals surface area contributed by atoms with Gasteiger partial charge < -0.3 is 15.2 Å². The maximum atomic E-state index is 11.4. The van der Waals surface area contributed by atoms with Gasteiger partial charge in [0.2, 0.25) is 6.41 Å². The van der Waals surface area contributed by atoms with Crippen molar-refractivity contribution in [3.8, 4) is 0 Å². The summed E-state index contributed by atoms with van der Waals surface area (Å²) < 4.78 is 6.69. The second-order valence-electron chi connectivity index (χ2n) is 10.6. The van der Waals surface area contributed by atoms with E-state index in [0.29, 0.717) is 6.42 Å². The molecule has 3 aliphatic rings. The molecule has 2 aliphatic carbocycles. The summed E-state index contributed by atoms with van der Waals surface area (Å²) in [6.07, 6.45) is 5.95. The lowest BCUT2D eigenvalue weighted by Gasteiger charge is -2.61. The maximum Gasteiger partial charge on any atom is 0.207 e. The van der Waals surface area contributed by atoms with Crippen LogP contribution in [0.25, 0.3) is 0 Å². The van der Waals surface area contributed by atoms with Gasteiger partial charge in [-0.25, -0.2) is 0 Å². The summed E-state index contributed by atoms with van der Waals surface area (Å²) in [5, 5.41) is 14.2. The molecule has 28 heavy (non-hydrogen) atoms. The number of rotatable bonds is 4. The van der Waals surface area contributed by atoms with E-state index in [-0.39, 0.29) is 40.3 Å². The van der Waals surface area contributed by atoms with Gasteiger partial charge in [0.25, 0.3) is 0 Å². The first-order valence-electron chi connectivity index (χ1n) is 10.6. The molecule has 0 radical (unpaired) electrons. The van der Waals surface area contributed by atoms with Gasteiger partial charge in [-0.1, -0.05) is 0 Å². The first-order chi connectivity index (χ1) is 12.9. The van der Waals surface area contributed by atoms with E-state index >= 15 is 0 Å². The smallest absolute Gasteiger partial charge is 0.207 e. The van der Waals surface area contributed by atoms with Gasteiger partial charge in [0.15, 0.2) is 0 Å². The first-order valence-corrected chi connectivity index (χ1v) is 11.1. The van der Waals surface area contributed by atoms with Crippen LogP contribution < -0.4 is 5.32 Å². The van der Waals surface area contributed by atoms with Crippen molar-refractivity contribution in [3.05, 3.63) is 0 Å². The Bertz CT molecular complexity index is 625. The number of carbonyl (C=O) groups excluding carboxylic acids is 1. The summed E-state index contributed by atoms with van der Waals surface area (Å²) in [5.41, 5.74) is -1.93. The Balaban J connectivity index is 2.02. The van der Waals surface area contributed by atoms with Crippen LogP contribution in [0.3, 0.4) is 0 Å². The number of ether oxygens (including phenoxy) is 1. The van der Waals surface area contributed by atoms with Crippen LogP contribution in [0.1, 0.15) is 73.1 Å². The highest BCUT2D eigenvalue weighted by Gasteiger charge is 2.61. The maximum absolute atomic E-state index is 11.4. The topological polar surface area (TPSA) is 70.9 Å². The molecule has 5 nitrogen and oxygen atoms in total. The summed E-state index contributed by atoms with van der Waals surface area (Å²) in [6.45, 7) is 14.2. The predicted octanol–water partition coefficient (Wildman–Crippen LogP) is 3.70. The number of nitrogens with zero attached hydrogens (tertiary/aromatic N) is 1. The Morgan fingerprint density at radius 2 is 1.75 bits per heavy atom. The summed E-state index contributed by atoms with van der Waals surface area (Å²) in [7, 11) is 0. The highest BCUT2D eigenvalue weighted by molar-refractivity contribution is 6.21. The standard InChI is InChI=1S/C22H37ClN2O3/c1-19(2)16(23)9-12-22(5,28-19)15-7-10-20(3,25-13-26)14-8-11-21(4,27)18(24-6)17(14)15/h13-18,27H,6-12H2,1-5H3,(H,25,26)/t14-,15-,16-,17-,18+,20-,21+,22+/m0/s1. The minimum atomic E-state index is -0.893. The van der Waals surface area contributed by atoms with E-state index in [1.54, 1.807) is 0 Å². The molecule has 0 spiro atoms.